The van der Waals surface area contributed by atoms with E-state index < -0.39 is 15.8 Å². The number of morpholine rings is 1. The van der Waals surface area contributed by atoms with Crippen molar-refractivity contribution in [2.75, 3.05) is 30.6 Å². The van der Waals surface area contributed by atoms with Crippen molar-refractivity contribution in [3.05, 3.63) is 81.3 Å². The number of halogens is 2. The van der Waals surface area contributed by atoms with Crippen LogP contribution in [0.15, 0.2) is 64.9 Å². The summed E-state index contributed by atoms with van der Waals surface area (Å²) in [6.45, 7) is 4.20. The van der Waals surface area contributed by atoms with Crippen LogP contribution in [0.5, 0.6) is 0 Å². The van der Waals surface area contributed by atoms with E-state index in [2.05, 4.69) is 10.3 Å². The Balaban J connectivity index is 1.61. The van der Waals surface area contributed by atoms with Crippen molar-refractivity contribution in [3.8, 4) is 0 Å². The van der Waals surface area contributed by atoms with Gasteiger partial charge in [-0.1, -0.05) is 11.6 Å². The summed E-state index contributed by atoms with van der Waals surface area (Å²) in [6, 6.07) is 13.6. The molecule has 0 bridgehead atoms. The number of sulfonamides is 1. The number of rotatable bonds is 7. The minimum Gasteiger partial charge on any atom is -0.379 e. The monoisotopic (exact) mass is 480 g/mol. The van der Waals surface area contributed by atoms with E-state index in [9.17, 15) is 12.8 Å². The zero-order valence-electron chi connectivity index (χ0n) is 16.7. The minimum atomic E-state index is -3.87. The molecule has 5 nitrogen and oxygen atoms in total. The van der Waals surface area contributed by atoms with Crippen molar-refractivity contribution in [2.45, 2.75) is 18.0 Å². The molecule has 4 rings (SSSR count). The fraction of sp³-hybridized carbons (Fsp3) is 0.273. The van der Waals surface area contributed by atoms with Gasteiger partial charge in [0.05, 0.1) is 30.3 Å². The summed E-state index contributed by atoms with van der Waals surface area (Å²) in [5.74, 6) is -0.420. The van der Waals surface area contributed by atoms with Crippen LogP contribution in [0.3, 0.4) is 0 Å². The van der Waals surface area contributed by atoms with Gasteiger partial charge in [0, 0.05) is 29.5 Å². The second kappa shape index (κ2) is 9.67. The molecule has 1 aliphatic heterocycles. The normalized spacial score (nSPS) is 15.2. The fourth-order valence-electron chi connectivity index (χ4n) is 3.41. The lowest BCUT2D eigenvalue weighted by Crippen LogP contribution is -2.35. The van der Waals surface area contributed by atoms with Gasteiger partial charge < -0.3 is 4.74 Å². The van der Waals surface area contributed by atoms with E-state index >= 15 is 0 Å². The zero-order chi connectivity index (χ0) is 21.8. The highest BCUT2D eigenvalue weighted by molar-refractivity contribution is 7.92. The molecule has 164 valence electrons. The first-order valence-corrected chi connectivity index (χ1v) is 12.5. The van der Waals surface area contributed by atoms with Gasteiger partial charge in [0.15, 0.2) is 0 Å². The minimum absolute atomic E-state index is 0.131. The summed E-state index contributed by atoms with van der Waals surface area (Å²) in [5, 5.41) is 2.51. The molecule has 9 heteroatoms. The van der Waals surface area contributed by atoms with Gasteiger partial charge in [0.1, 0.15) is 5.82 Å². The van der Waals surface area contributed by atoms with Crippen molar-refractivity contribution in [2.24, 2.45) is 0 Å². The highest BCUT2D eigenvalue weighted by atomic mass is 35.5. The Labute approximate surface area is 190 Å². The second-order valence-electron chi connectivity index (χ2n) is 7.25. The SMILES string of the molecule is O=S(=O)(c1ccc(Cl)cc1)N(Cc1cc(CN2CCOCC2)cs1)c1ccc(F)cc1. The molecule has 0 aliphatic carbocycles. The lowest BCUT2D eigenvalue weighted by Gasteiger charge is -2.26. The number of hydrogen-bond acceptors (Lipinski definition) is 5. The van der Waals surface area contributed by atoms with Crippen molar-refractivity contribution in [3.63, 3.8) is 0 Å². The van der Waals surface area contributed by atoms with E-state index in [-0.39, 0.29) is 11.4 Å². The van der Waals surface area contributed by atoms with Gasteiger partial charge in [-0.3, -0.25) is 9.21 Å². The molecular weight excluding hydrogens is 459 g/mol. The van der Waals surface area contributed by atoms with Crippen molar-refractivity contribution in [1.29, 1.82) is 0 Å². The van der Waals surface area contributed by atoms with Crippen molar-refractivity contribution in [1.82, 2.24) is 4.90 Å². The van der Waals surface area contributed by atoms with Crippen LogP contribution in [-0.2, 0) is 27.8 Å². The highest BCUT2D eigenvalue weighted by Gasteiger charge is 2.26. The van der Waals surface area contributed by atoms with Crippen LogP contribution in [0.2, 0.25) is 5.02 Å². The Hall–Kier alpha value is -1.97. The Bertz CT molecular complexity index is 1110. The molecule has 0 radical (unpaired) electrons. The Morgan fingerprint density at radius 2 is 1.74 bits per heavy atom. The van der Waals surface area contributed by atoms with Gasteiger partial charge in [-0.15, -0.1) is 11.3 Å². The van der Waals surface area contributed by atoms with Crippen LogP contribution in [0, 0.1) is 5.82 Å². The number of hydrogen-bond donors (Lipinski definition) is 0. The summed E-state index contributed by atoms with van der Waals surface area (Å²) >= 11 is 7.45. The molecule has 0 atom stereocenters. The standard InChI is InChI=1S/C22H22ClFN2O3S2/c23-18-1-7-22(8-2-18)31(27,28)26(20-5-3-19(24)4-6-20)15-21-13-17(16-30-21)14-25-9-11-29-12-10-25/h1-8,13,16H,9-12,14-15H2. The molecular formula is C22H22ClFN2O3S2. The number of nitrogens with zero attached hydrogens (tertiary/aromatic N) is 2. The van der Waals surface area contributed by atoms with Gasteiger partial charge in [0.2, 0.25) is 0 Å². The average Bonchev–Trinajstić information content (AvgIpc) is 3.21. The summed E-state index contributed by atoms with van der Waals surface area (Å²) in [5.41, 5.74) is 1.55. The van der Waals surface area contributed by atoms with Crippen molar-refractivity contribution >= 4 is 38.6 Å². The maximum Gasteiger partial charge on any atom is 0.264 e. The number of thiophene rings is 1. The molecule has 2 heterocycles. The van der Waals surface area contributed by atoms with Gasteiger partial charge in [-0.05, 0) is 65.5 Å². The Morgan fingerprint density at radius 1 is 1.06 bits per heavy atom. The molecule has 1 fully saturated rings. The Kier molecular flexibility index (Phi) is 6.93. The van der Waals surface area contributed by atoms with E-state index in [4.69, 9.17) is 16.3 Å². The lowest BCUT2D eigenvalue weighted by atomic mass is 10.2. The van der Waals surface area contributed by atoms with Crippen molar-refractivity contribution < 1.29 is 17.5 Å². The smallest absolute Gasteiger partial charge is 0.264 e. The third-order valence-corrected chi connectivity index (χ3v) is 8.04. The quantitative estimate of drug-likeness (QED) is 0.489. The largest absolute Gasteiger partial charge is 0.379 e. The number of anilines is 1. The molecule has 0 unspecified atom stereocenters. The molecule has 0 saturated carbocycles. The first kappa shape index (κ1) is 22.2. The first-order valence-electron chi connectivity index (χ1n) is 9.82. The van der Waals surface area contributed by atoms with Crippen LogP contribution >= 0.6 is 22.9 Å². The van der Waals surface area contributed by atoms with E-state index in [0.717, 1.165) is 43.3 Å². The van der Waals surface area contributed by atoms with Crippen LogP contribution in [-0.4, -0.2) is 39.6 Å². The molecule has 1 saturated heterocycles. The molecule has 1 aliphatic rings. The topological polar surface area (TPSA) is 49.9 Å². The fourth-order valence-corrected chi connectivity index (χ4v) is 5.93. The van der Waals surface area contributed by atoms with E-state index in [0.29, 0.717) is 10.7 Å². The van der Waals surface area contributed by atoms with Crippen LogP contribution in [0.25, 0.3) is 0 Å². The highest BCUT2D eigenvalue weighted by Crippen LogP contribution is 2.29. The molecule has 31 heavy (non-hydrogen) atoms. The van der Waals surface area contributed by atoms with E-state index in [1.807, 2.05) is 6.07 Å². The summed E-state index contributed by atoms with van der Waals surface area (Å²) in [4.78, 5) is 3.36. The summed E-state index contributed by atoms with van der Waals surface area (Å²) in [6.07, 6.45) is 0. The van der Waals surface area contributed by atoms with E-state index in [1.54, 1.807) is 12.1 Å². The van der Waals surface area contributed by atoms with E-state index in [1.165, 1.54) is 52.0 Å². The van der Waals surface area contributed by atoms with Gasteiger partial charge in [-0.25, -0.2) is 12.8 Å². The molecule has 2 aromatic carbocycles. The summed E-state index contributed by atoms with van der Waals surface area (Å²) in [7, 11) is -3.87. The van der Waals surface area contributed by atoms with Gasteiger partial charge >= 0.3 is 0 Å². The molecule has 1 aromatic heterocycles. The molecule has 0 amide bonds. The third kappa shape index (κ3) is 5.45. The summed E-state index contributed by atoms with van der Waals surface area (Å²) < 4.78 is 47.0. The first-order chi connectivity index (χ1) is 14.9. The predicted molar refractivity (Wildman–Crippen MR) is 122 cm³/mol. The molecule has 0 N–H and O–H groups in total. The Morgan fingerprint density at radius 3 is 2.42 bits per heavy atom. The molecule has 3 aromatic rings. The zero-order valence-corrected chi connectivity index (χ0v) is 19.1. The molecule has 0 spiro atoms. The maximum absolute atomic E-state index is 13.5. The third-order valence-electron chi connectivity index (χ3n) is 5.03. The number of ether oxygens (including phenoxy) is 1. The van der Waals surface area contributed by atoms with Crippen LogP contribution < -0.4 is 4.31 Å². The van der Waals surface area contributed by atoms with Crippen LogP contribution in [0.1, 0.15) is 10.4 Å². The van der Waals surface area contributed by atoms with Crippen LogP contribution in [0.4, 0.5) is 10.1 Å². The average molecular weight is 481 g/mol. The van der Waals surface area contributed by atoms with Gasteiger partial charge in [0.25, 0.3) is 10.0 Å². The van der Waals surface area contributed by atoms with Gasteiger partial charge in [-0.2, -0.15) is 0 Å². The maximum atomic E-state index is 13.5. The second-order valence-corrected chi connectivity index (χ2v) is 10.5. The predicted octanol–water partition coefficient (Wildman–Crippen LogP) is 4.77. The lowest BCUT2D eigenvalue weighted by molar-refractivity contribution is 0.0342. The number of benzene rings is 2.